The van der Waals surface area contributed by atoms with Crippen LogP contribution >= 0.6 is 0 Å². The molecule has 0 aromatic carbocycles. The normalized spacial score (nSPS) is 20.8. The number of nitrogens with two attached hydrogens (primary N) is 7. The molecular weight excluding hydrogens is 1690 g/mol. The molecule has 8 unspecified atom stereocenters. The molecular formula is C82H146N24O23. The van der Waals surface area contributed by atoms with E-state index in [0.29, 0.717) is 19.0 Å². The summed E-state index contributed by atoms with van der Waals surface area (Å²) < 4.78 is 0. The fourth-order valence-electron chi connectivity index (χ4n) is 13.6. The quantitative estimate of drug-likeness (QED) is 0.00393. The second kappa shape index (κ2) is 59.3. The molecule has 0 radical (unpaired) electrons. The lowest BCUT2D eigenvalue weighted by atomic mass is 9.84. The fraction of sp³-hybridized carbons (Fsp3) is 0.732. The number of hydrazine groups is 2. The number of aldehydes is 2. The summed E-state index contributed by atoms with van der Waals surface area (Å²) in [6.45, 7) is 21.5. The summed E-state index contributed by atoms with van der Waals surface area (Å²) in [5.41, 5.74) is 38.6. The Morgan fingerprint density at radius 2 is 1.01 bits per heavy atom. The first-order valence-corrected chi connectivity index (χ1v) is 43.8. The van der Waals surface area contributed by atoms with E-state index in [0.717, 1.165) is 6.92 Å². The minimum Gasteiger partial charge on any atom is -0.481 e. The van der Waals surface area contributed by atoms with Crippen LogP contribution < -0.4 is 131 Å². The Kier molecular flexibility index (Phi) is 53.8. The molecule has 0 aromatic rings. The summed E-state index contributed by atoms with van der Waals surface area (Å²) in [6, 6.07) is -19.2. The van der Waals surface area contributed by atoms with E-state index in [1.54, 1.807) is 81.4 Å². The van der Waals surface area contributed by atoms with Gasteiger partial charge in [0, 0.05) is 6.42 Å². The average Bonchev–Trinajstić information content (AvgIpc) is 0.955. The molecule has 0 saturated carbocycles. The van der Waals surface area contributed by atoms with Crippen LogP contribution in [-0.2, 0) is 95.9 Å². The van der Waals surface area contributed by atoms with E-state index in [1.165, 1.54) is 20.8 Å². The number of carboxylic acids is 3. The Morgan fingerprint density at radius 1 is 0.512 bits per heavy atom. The first-order valence-electron chi connectivity index (χ1n) is 43.8. The first kappa shape index (κ1) is 117. The van der Waals surface area contributed by atoms with Crippen molar-refractivity contribution in [2.45, 2.75) is 327 Å². The lowest BCUT2D eigenvalue weighted by Gasteiger charge is -2.35. The molecule has 10 amide bonds. The molecule has 34 N–H and O–H groups in total. The monoisotopic (exact) mass is 1840 g/mol. The maximum Gasteiger partial charge on any atom is 0.305 e. The molecule has 0 spiro atoms. The van der Waals surface area contributed by atoms with Crippen molar-refractivity contribution in [3.8, 4) is 0 Å². The predicted octanol–water partition coefficient (Wildman–Crippen LogP) is -6.61. The van der Waals surface area contributed by atoms with Crippen molar-refractivity contribution >= 4 is 118 Å². The number of aliphatic carboxylic acids is 3. The van der Waals surface area contributed by atoms with Gasteiger partial charge >= 0.3 is 17.9 Å². The molecule has 0 bridgehead atoms. The van der Waals surface area contributed by atoms with Crippen LogP contribution in [0.25, 0.3) is 0 Å². The topological polar surface area (TPSA) is 789 Å². The van der Waals surface area contributed by atoms with E-state index >= 15 is 43.2 Å². The van der Waals surface area contributed by atoms with Crippen LogP contribution in [-0.4, -0.2) is 262 Å². The highest BCUT2D eigenvalue weighted by atomic mass is 16.4. The minimum absolute atomic E-state index is 0.0214. The van der Waals surface area contributed by atoms with Crippen molar-refractivity contribution in [1.82, 2.24) is 90.7 Å². The summed E-state index contributed by atoms with van der Waals surface area (Å²) in [5.74, 6) is -20.4. The SMILES string of the molecule is CC[C@H](C)C(NN[C@@H](CCCNC(N)N)C(=O)NC(C(=O)NC1(C)CCCC=CCCCC(C)(C(=O)C(=O)[C@H](CCC(=O)O)NC(=O)[C@@H](NC(=O)CNC(=O)[C@H](CC(=O)O)NN)C(C)C)NC(=O)C(N[C@H](C=O)CC(C)C)NC(=O)C(N[C@H](C=O)CC(C)C)NC(=O)C(C(=O)[C@@H](N)CCCNC(N)N)NC1=O)[C@@H](C)CC)C(=O)NC(C(=O)C(=O)[C@@H](N)CC(=O)O)[C@@H](C)CC. The Labute approximate surface area is 752 Å². The van der Waals surface area contributed by atoms with Gasteiger partial charge in [0.15, 0.2) is 24.2 Å². The molecule has 1 aliphatic heterocycles. The molecule has 1 rings (SSSR count). The highest BCUT2D eigenvalue weighted by molar-refractivity contribution is 6.43. The molecule has 0 saturated heterocycles. The highest BCUT2D eigenvalue weighted by Gasteiger charge is 2.47. The number of nitrogens with one attached hydrogen (secondary N) is 17. The molecule has 19 atom stereocenters. The van der Waals surface area contributed by atoms with E-state index in [2.05, 4.69) is 85.3 Å². The van der Waals surface area contributed by atoms with Gasteiger partial charge in [0.25, 0.3) is 17.7 Å². The minimum atomic E-state index is -2.43. The van der Waals surface area contributed by atoms with Gasteiger partial charge in [-0.25, -0.2) is 16.3 Å². The lowest BCUT2D eigenvalue weighted by molar-refractivity contribution is -0.145. The van der Waals surface area contributed by atoms with Gasteiger partial charge in [-0.2, -0.15) is 0 Å². The van der Waals surface area contributed by atoms with Gasteiger partial charge in [-0.1, -0.05) is 114 Å². The van der Waals surface area contributed by atoms with Crippen LogP contribution in [0.2, 0.25) is 0 Å². The van der Waals surface area contributed by atoms with Crippen molar-refractivity contribution in [3.63, 3.8) is 0 Å². The Bertz CT molecular complexity index is 3800. The van der Waals surface area contributed by atoms with Gasteiger partial charge < -0.3 is 112 Å². The first-order chi connectivity index (χ1) is 60.3. The third-order valence-electron chi connectivity index (χ3n) is 21.9. The highest BCUT2D eigenvalue weighted by Crippen LogP contribution is 2.24. The lowest BCUT2D eigenvalue weighted by Crippen LogP contribution is -2.69. The largest absolute Gasteiger partial charge is 0.481 e. The van der Waals surface area contributed by atoms with E-state index < -0.39 is 277 Å². The molecule has 47 heteroatoms. The number of carboxylic acid groups (broad SMARTS) is 3. The van der Waals surface area contributed by atoms with E-state index in [4.69, 9.17) is 40.2 Å². The second-order valence-electron chi connectivity index (χ2n) is 34.4. The zero-order valence-corrected chi connectivity index (χ0v) is 76.6. The second-order valence-corrected chi connectivity index (χ2v) is 34.4. The zero-order valence-electron chi connectivity index (χ0n) is 76.6. The molecule has 1 heterocycles. The average molecular weight is 1840 g/mol. The number of hydrogen-bond donors (Lipinski definition) is 27. The maximum atomic E-state index is 15.7. The summed E-state index contributed by atoms with van der Waals surface area (Å²) in [5, 5.41) is 64.3. The fourth-order valence-corrected chi connectivity index (χ4v) is 13.6. The predicted molar refractivity (Wildman–Crippen MR) is 471 cm³/mol. The number of amides is 10. The summed E-state index contributed by atoms with van der Waals surface area (Å²) in [6.07, 6.45) is -5.99. The molecule has 0 aromatic heterocycles. The van der Waals surface area contributed by atoms with E-state index in [1.807, 2.05) is 5.43 Å². The van der Waals surface area contributed by atoms with Gasteiger partial charge in [-0.3, -0.25) is 113 Å². The van der Waals surface area contributed by atoms with Crippen LogP contribution in [0.15, 0.2) is 12.2 Å². The van der Waals surface area contributed by atoms with Gasteiger partial charge in [0.1, 0.15) is 60.4 Å². The number of Topliss-reactive ketones (excluding diaryl/α,β-unsaturated/α-hetero) is 5. The number of hydrogen-bond acceptors (Lipinski definition) is 34. The molecule has 47 nitrogen and oxygen atoms in total. The van der Waals surface area contributed by atoms with Crippen LogP contribution in [0.5, 0.6) is 0 Å². The Hall–Kier alpha value is -10.0. The Morgan fingerprint density at radius 3 is 1.50 bits per heavy atom. The number of rotatable bonds is 58. The number of carbonyl (C=O) groups is 20. The smallest absolute Gasteiger partial charge is 0.305 e. The van der Waals surface area contributed by atoms with Gasteiger partial charge in [0.2, 0.25) is 64.5 Å². The van der Waals surface area contributed by atoms with Crippen molar-refractivity contribution in [2.24, 2.45) is 75.8 Å². The zero-order chi connectivity index (χ0) is 98.5. The van der Waals surface area contributed by atoms with Crippen LogP contribution in [0.3, 0.4) is 0 Å². The Balaban J connectivity index is 4.59. The van der Waals surface area contributed by atoms with Crippen molar-refractivity contribution in [3.05, 3.63) is 12.2 Å². The molecule has 0 fully saturated rings. The standard InChI is InChI=1S/C82H146N24O23/c1-15-44(10)59(66(119)64(117)50(84)36-56(112)113)97-73(124)61(46(12)17-3)106-105-52(27-25-33-91-80(87)88)71(122)98-60(45(11)16-2)75(126)102-82(14)31-23-21-19-18-20-22-30-81(13,67(120)65(118)51(28-29-55(110)111)95-72(123)58(43(8)9)96-54(109)38-92-70(121)53(104-89)37-57(114)115)103-77(128)69(94-48(40-108)35-42(6)7)101-76(127)68(93-47(39-107)34-41(4)5)100-74(125)62(99-78(82)129)63(116)49(83)26-24-32-90-79(85)86/h18-19,39-53,58-62,68-69,79-80,90-91,93-94,104-106H,15-17,20-38,83-89H2,1-14H3,(H,92,121)(H,95,123)(H,96,109)(H,97,124)(H,98,122)(H,99,129)(H,100,125)(H,101,127)(H,102,126)(H,103,128)(H,110,111)(H,112,113)(H,114,115)/t44-,45-,46-,47-,48-,49-,50-,51-,52-,53-,58-,59?,60?,61?,62?,68?,69?,81?,82?/m0/s1. The third kappa shape index (κ3) is 42.2. The number of carbonyl (C=O) groups excluding carboxylic acids is 17. The number of ketones is 5. The molecule has 732 valence electrons. The maximum absolute atomic E-state index is 15.7. The van der Waals surface area contributed by atoms with Crippen LogP contribution in [0.4, 0.5) is 0 Å². The van der Waals surface area contributed by atoms with Crippen LogP contribution in [0.1, 0.15) is 219 Å². The van der Waals surface area contributed by atoms with E-state index in [-0.39, 0.29) is 108 Å². The van der Waals surface area contributed by atoms with Gasteiger partial charge in [-0.05, 0) is 146 Å². The molecule has 129 heavy (non-hydrogen) atoms. The van der Waals surface area contributed by atoms with Gasteiger partial charge in [-0.15, -0.1) is 0 Å². The van der Waals surface area contributed by atoms with E-state index in [9.17, 15) is 68.1 Å². The van der Waals surface area contributed by atoms with Crippen molar-refractivity contribution < 1.29 is 111 Å². The third-order valence-corrected chi connectivity index (χ3v) is 21.9. The van der Waals surface area contributed by atoms with Crippen molar-refractivity contribution in [1.29, 1.82) is 0 Å². The van der Waals surface area contributed by atoms with Gasteiger partial charge in [0.05, 0.1) is 61.7 Å². The summed E-state index contributed by atoms with van der Waals surface area (Å²) in [7, 11) is 0. The molecule has 1 aliphatic rings. The number of allylic oxidation sites excluding steroid dienone is 2. The van der Waals surface area contributed by atoms with Crippen molar-refractivity contribution in [2.75, 3.05) is 19.6 Å². The van der Waals surface area contributed by atoms with Crippen LogP contribution in [0, 0.1) is 35.5 Å². The summed E-state index contributed by atoms with van der Waals surface area (Å²) in [4.78, 5) is 281. The summed E-state index contributed by atoms with van der Waals surface area (Å²) >= 11 is 0. The molecule has 0 aliphatic carbocycles.